The topological polar surface area (TPSA) is 102 Å². The predicted molar refractivity (Wildman–Crippen MR) is 69.9 cm³/mol. The van der Waals surface area contributed by atoms with Crippen LogP contribution in [0.2, 0.25) is 0 Å². The Balaban J connectivity index is 2.68. The van der Waals surface area contributed by atoms with Gasteiger partial charge in [-0.2, -0.15) is 0 Å². The van der Waals surface area contributed by atoms with E-state index in [0.29, 0.717) is 6.61 Å². The summed E-state index contributed by atoms with van der Waals surface area (Å²) in [6, 6.07) is 6.10. The average molecular weight is 266 g/mol. The molecule has 1 aromatic rings. The number of nitrogens with one attached hydrogen (secondary N) is 1. The van der Waals surface area contributed by atoms with E-state index in [1.54, 1.807) is 24.3 Å². The molecular weight excluding hydrogens is 248 g/mol. The van der Waals surface area contributed by atoms with E-state index in [1.807, 2.05) is 6.92 Å². The maximum Gasteiger partial charge on any atom is 0.326 e. The zero-order valence-electron chi connectivity index (χ0n) is 10.8. The first-order chi connectivity index (χ1) is 9.06. The quantitative estimate of drug-likeness (QED) is 0.652. The highest BCUT2D eigenvalue weighted by atomic mass is 16.5. The van der Waals surface area contributed by atoms with Crippen molar-refractivity contribution in [3.05, 3.63) is 29.8 Å². The molecule has 1 rings (SSSR count). The molecule has 0 aliphatic carbocycles. The van der Waals surface area contributed by atoms with E-state index >= 15 is 0 Å². The van der Waals surface area contributed by atoms with E-state index in [-0.39, 0.29) is 13.0 Å². The molecule has 4 N–H and O–H groups in total. The summed E-state index contributed by atoms with van der Waals surface area (Å²) in [6.45, 7) is 2.23. The number of carboxylic acid groups (broad SMARTS) is 1. The van der Waals surface area contributed by atoms with Gasteiger partial charge in [0.25, 0.3) is 0 Å². The molecule has 0 aromatic heterocycles. The second kappa shape index (κ2) is 7.38. The molecular formula is C13H18N2O4. The Kier molecular flexibility index (Phi) is 5.81. The fourth-order valence-electron chi connectivity index (χ4n) is 1.58. The Morgan fingerprint density at radius 1 is 1.37 bits per heavy atom. The van der Waals surface area contributed by atoms with Crippen LogP contribution in [0.1, 0.15) is 12.5 Å². The second-order valence-electron chi connectivity index (χ2n) is 3.94. The molecule has 1 unspecified atom stereocenters. The Hall–Kier alpha value is -2.08. The number of hydrogen-bond acceptors (Lipinski definition) is 4. The molecule has 19 heavy (non-hydrogen) atoms. The molecule has 1 aromatic carbocycles. The van der Waals surface area contributed by atoms with Gasteiger partial charge in [0.05, 0.1) is 13.2 Å². The van der Waals surface area contributed by atoms with Gasteiger partial charge in [-0.3, -0.25) is 4.79 Å². The standard InChI is InChI=1S/C13H18N2O4/c1-2-19-10-5-3-9(4-6-10)7-11(13(17)18)15-12(16)8-14/h3-6,11H,2,7-8,14H2,1H3,(H,15,16)(H,17,18). The van der Waals surface area contributed by atoms with Crippen molar-refractivity contribution < 1.29 is 19.4 Å². The number of carboxylic acids is 1. The highest BCUT2D eigenvalue weighted by Crippen LogP contribution is 2.13. The van der Waals surface area contributed by atoms with Gasteiger partial charge in [0.15, 0.2) is 0 Å². The van der Waals surface area contributed by atoms with Crippen molar-refractivity contribution in [2.75, 3.05) is 13.2 Å². The van der Waals surface area contributed by atoms with Crippen LogP contribution in [0, 0.1) is 0 Å². The largest absolute Gasteiger partial charge is 0.494 e. The molecule has 0 aliphatic rings. The molecule has 0 saturated carbocycles. The Morgan fingerprint density at radius 2 is 2.00 bits per heavy atom. The lowest BCUT2D eigenvalue weighted by molar-refractivity contribution is -0.141. The van der Waals surface area contributed by atoms with E-state index in [1.165, 1.54) is 0 Å². The van der Waals surface area contributed by atoms with E-state index in [0.717, 1.165) is 11.3 Å². The first kappa shape index (κ1) is 15.0. The summed E-state index contributed by atoms with van der Waals surface area (Å²) in [5.41, 5.74) is 5.94. The van der Waals surface area contributed by atoms with E-state index < -0.39 is 17.9 Å². The number of amides is 1. The number of aliphatic carboxylic acids is 1. The lowest BCUT2D eigenvalue weighted by Gasteiger charge is -2.14. The maximum absolute atomic E-state index is 11.1. The molecule has 0 aliphatic heterocycles. The summed E-state index contributed by atoms with van der Waals surface area (Å²) in [6.07, 6.45) is 0.202. The SMILES string of the molecule is CCOc1ccc(CC(NC(=O)CN)C(=O)O)cc1. The molecule has 0 bridgehead atoms. The highest BCUT2D eigenvalue weighted by molar-refractivity contribution is 5.84. The maximum atomic E-state index is 11.1. The van der Waals surface area contributed by atoms with Crippen molar-refractivity contribution in [2.24, 2.45) is 5.73 Å². The summed E-state index contributed by atoms with van der Waals surface area (Å²) >= 11 is 0. The number of ether oxygens (including phenoxy) is 1. The first-order valence-corrected chi connectivity index (χ1v) is 6.00. The lowest BCUT2D eigenvalue weighted by Crippen LogP contribution is -2.44. The van der Waals surface area contributed by atoms with Gasteiger partial charge in [-0.25, -0.2) is 4.79 Å². The third-order valence-electron chi connectivity index (χ3n) is 2.49. The normalized spacial score (nSPS) is 11.7. The molecule has 0 spiro atoms. The zero-order valence-corrected chi connectivity index (χ0v) is 10.8. The van der Waals surface area contributed by atoms with Gasteiger partial charge in [-0.15, -0.1) is 0 Å². The van der Waals surface area contributed by atoms with Gasteiger partial charge < -0.3 is 20.9 Å². The summed E-state index contributed by atoms with van der Waals surface area (Å²) in [5, 5.41) is 11.4. The average Bonchev–Trinajstić information content (AvgIpc) is 2.40. The van der Waals surface area contributed by atoms with E-state index in [9.17, 15) is 9.59 Å². The summed E-state index contributed by atoms with van der Waals surface area (Å²) in [4.78, 5) is 22.2. The van der Waals surface area contributed by atoms with Crippen molar-refractivity contribution >= 4 is 11.9 Å². The number of carbonyl (C=O) groups excluding carboxylic acids is 1. The fraction of sp³-hybridized carbons (Fsp3) is 0.385. The lowest BCUT2D eigenvalue weighted by atomic mass is 10.1. The van der Waals surface area contributed by atoms with E-state index in [2.05, 4.69) is 5.32 Å². The Labute approximate surface area is 111 Å². The monoisotopic (exact) mass is 266 g/mol. The smallest absolute Gasteiger partial charge is 0.326 e. The van der Waals surface area contributed by atoms with Crippen molar-refractivity contribution in [3.63, 3.8) is 0 Å². The van der Waals surface area contributed by atoms with Crippen molar-refractivity contribution in [1.82, 2.24) is 5.32 Å². The van der Waals surface area contributed by atoms with Gasteiger partial charge in [-0.1, -0.05) is 12.1 Å². The summed E-state index contributed by atoms with van der Waals surface area (Å²) in [7, 11) is 0. The fourth-order valence-corrected chi connectivity index (χ4v) is 1.58. The molecule has 104 valence electrons. The number of nitrogens with two attached hydrogens (primary N) is 1. The molecule has 6 heteroatoms. The van der Waals surface area contributed by atoms with Crippen molar-refractivity contribution in [1.29, 1.82) is 0 Å². The van der Waals surface area contributed by atoms with Crippen LogP contribution >= 0.6 is 0 Å². The molecule has 0 heterocycles. The Morgan fingerprint density at radius 3 is 2.47 bits per heavy atom. The number of hydrogen-bond donors (Lipinski definition) is 3. The third kappa shape index (κ3) is 4.97. The Bertz CT molecular complexity index is 431. The predicted octanol–water partition coefficient (Wildman–Crippen LogP) is 0.156. The van der Waals surface area contributed by atoms with Gasteiger partial charge in [-0.05, 0) is 24.6 Å². The van der Waals surface area contributed by atoms with Crippen LogP contribution in [0.15, 0.2) is 24.3 Å². The summed E-state index contributed by atoms with van der Waals surface area (Å²) < 4.78 is 5.29. The van der Waals surface area contributed by atoms with Gasteiger partial charge >= 0.3 is 5.97 Å². The highest BCUT2D eigenvalue weighted by Gasteiger charge is 2.19. The molecule has 1 amide bonds. The van der Waals surface area contributed by atoms with Gasteiger partial charge in [0.1, 0.15) is 11.8 Å². The van der Waals surface area contributed by atoms with Crippen molar-refractivity contribution in [3.8, 4) is 5.75 Å². The number of rotatable bonds is 7. The van der Waals surface area contributed by atoms with Crippen molar-refractivity contribution in [2.45, 2.75) is 19.4 Å². The zero-order chi connectivity index (χ0) is 14.3. The summed E-state index contributed by atoms with van der Waals surface area (Å²) in [5.74, 6) is -0.849. The van der Waals surface area contributed by atoms with Crippen LogP contribution in [0.3, 0.4) is 0 Å². The molecule has 6 nitrogen and oxygen atoms in total. The molecule has 0 radical (unpaired) electrons. The van der Waals surface area contributed by atoms with E-state index in [4.69, 9.17) is 15.6 Å². The molecule has 0 saturated heterocycles. The van der Waals surface area contributed by atoms with Crippen LogP contribution < -0.4 is 15.8 Å². The third-order valence-corrected chi connectivity index (χ3v) is 2.49. The number of benzene rings is 1. The van der Waals surface area contributed by atoms with Crippen LogP contribution in [-0.4, -0.2) is 36.2 Å². The van der Waals surface area contributed by atoms with Crippen LogP contribution in [-0.2, 0) is 16.0 Å². The van der Waals surface area contributed by atoms with Gasteiger partial charge in [0.2, 0.25) is 5.91 Å². The van der Waals surface area contributed by atoms with Crippen LogP contribution in [0.5, 0.6) is 5.75 Å². The minimum atomic E-state index is -1.09. The first-order valence-electron chi connectivity index (χ1n) is 6.00. The van der Waals surface area contributed by atoms with Crippen LogP contribution in [0.4, 0.5) is 0 Å². The minimum absolute atomic E-state index is 0.202. The number of carbonyl (C=O) groups is 2. The molecule has 0 fully saturated rings. The molecule has 1 atom stereocenters. The van der Waals surface area contributed by atoms with Gasteiger partial charge in [0, 0.05) is 6.42 Å². The second-order valence-corrected chi connectivity index (χ2v) is 3.94. The van der Waals surface area contributed by atoms with Crippen LogP contribution in [0.25, 0.3) is 0 Å². The minimum Gasteiger partial charge on any atom is -0.494 e.